The van der Waals surface area contributed by atoms with Crippen molar-refractivity contribution in [3.05, 3.63) is 65.7 Å². The van der Waals surface area contributed by atoms with Gasteiger partial charge in [-0.25, -0.2) is 0 Å². The number of para-hydroxylation sites is 1. The van der Waals surface area contributed by atoms with Gasteiger partial charge in [0.1, 0.15) is 5.75 Å². The average Bonchev–Trinajstić information content (AvgIpc) is 2.42. The third kappa shape index (κ3) is 3.18. The lowest BCUT2D eigenvalue weighted by Crippen LogP contribution is -2.01. The van der Waals surface area contributed by atoms with Crippen LogP contribution in [-0.4, -0.2) is 23.0 Å². The monoisotopic (exact) mass is 241 g/mol. The second-order valence-electron chi connectivity index (χ2n) is 3.98. The summed E-state index contributed by atoms with van der Waals surface area (Å²) in [6, 6.07) is 16.3. The smallest absolute Gasteiger partial charge is 0.124 e. The van der Waals surface area contributed by atoms with E-state index in [1.165, 1.54) is 0 Å². The summed E-state index contributed by atoms with van der Waals surface area (Å²) in [4.78, 5) is 4.14. The summed E-state index contributed by atoms with van der Waals surface area (Å²) in [7, 11) is 0. The Labute approximate surface area is 106 Å². The van der Waals surface area contributed by atoms with E-state index in [4.69, 9.17) is 0 Å². The maximum absolute atomic E-state index is 9.89. The molecule has 0 aromatic heterocycles. The quantitative estimate of drug-likeness (QED) is 0.808. The molecule has 3 heteroatoms. The Morgan fingerprint density at radius 3 is 2.39 bits per heavy atom. The molecule has 92 valence electrons. The molecule has 2 aromatic rings. The third-order valence-electron chi connectivity index (χ3n) is 2.63. The Morgan fingerprint density at radius 1 is 1.00 bits per heavy atom. The topological polar surface area (TPSA) is 52.8 Å². The number of aliphatic hydroxyl groups is 1. The lowest BCUT2D eigenvalue weighted by molar-refractivity contribution is 0.187. The first-order valence-corrected chi connectivity index (χ1v) is 5.78. The van der Waals surface area contributed by atoms with E-state index >= 15 is 0 Å². The largest absolute Gasteiger partial charge is 0.507 e. The molecule has 2 N–H and O–H groups in total. The van der Waals surface area contributed by atoms with Crippen molar-refractivity contribution in [2.75, 3.05) is 6.54 Å². The summed E-state index contributed by atoms with van der Waals surface area (Å²) in [6.45, 7) is 0.276. The van der Waals surface area contributed by atoms with Crippen LogP contribution in [-0.2, 0) is 0 Å². The van der Waals surface area contributed by atoms with Crippen LogP contribution in [0.4, 0.5) is 0 Å². The highest BCUT2D eigenvalue weighted by Crippen LogP contribution is 2.14. The Kier molecular flexibility index (Phi) is 4.10. The van der Waals surface area contributed by atoms with Crippen molar-refractivity contribution >= 4 is 6.21 Å². The Bertz CT molecular complexity index is 523. The number of phenols is 1. The summed E-state index contributed by atoms with van der Waals surface area (Å²) in [6.07, 6.45) is 0.954. The number of aliphatic imine (C=N–C) groups is 1. The predicted molar refractivity (Wildman–Crippen MR) is 72.0 cm³/mol. The van der Waals surface area contributed by atoms with Crippen LogP contribution in [0.5, 0.6) is 5.75 Å². The van der Waals surface area contributed by atoms with Crippen molar-refractivity contribution in [1.29, 1.82) is 0 Å². The molecule has 0 aliphatic rings. The predicted octanol–water partition coefficient (Wildman–Crippen LogP) is 2.54. The lowest BCUT2D eigenvalue weighted by atomic mass is 10.1. The normalized spacial score (nSPS) is 12.7. The number of phenolic OH excluding ortho intramolecular Hbond substituents is 1. The molecule has 2 aromatic carbocycles. The summed E-state index contributed by atoms with van der Waals surface area (Å²) >= 11 is 0. The van der Waals surface area contributed by atoms with E-state index in [-0.39, 0.29) is 12.3 Å². The molecule has 0 aliphatic carbocycles. The van der Waals surface area contributed by atoms with Crippen LogP contribution < -0.4 is 0 Å². The molecule has 0 bridgehead atoms. The van der Waals surface area contributed by atoms with Crippen molar-refractivity contribution in [3.8, 4) is 5.75 Å². The fourth-order valence-corrected chi connectivity index (χ4v) is 1.63. The minimum atomic E-state index is -0.617. The molecule has 0 fully saturated rings. The first-order valence-electron chi connectivity index (χ1n) is 5.78. The van der Waals surface area contributed by atoms with Gasteiger partial charge in [0, 0.05) is 11.8 Å². The lowest BCUT2D eigenvalue weighted by Gasteiger charge is -2.07. The number of aromatic hydroxyl groups is 1. The van der Waals surface area contributed by atoms with Crippen LogP contribution in [0.3, 0.4) is 0 Å². The van der Waals surface area contributed by atoms with E-state index in [0.29, 0.717) is 5.56 Å². The van der Waals surface area contributed by atoms with Gasteiger partial charge in [-0.3, -0.25) is 4.99 Å². The van der Waals surface area contributed by atoms with Gasteiger partial charge in [0.2, 0.25) is 0 Å². The molecule has 0 saturated heterocycles. The second-order valence-corrected chi connectivity index (χ2v) is 3.98. The molecule has 0 unspecified atom stereocenters. The summed E-state index contributed by atoms with van der Waals surface area (Å²) in [5.41, 5.74) is 1.49. The minimum Gasteiger partial charge on any atom is -0.507 e. The van der Waals surface area contributed by atoms with E-state index < -0.39 is 6.10 Å². The third-order valence-corrected chi connectivity index (χ3v) is 2.63. The first-order chi connectivity index (χ1) is 8.77. The molecule has 0 spiro atoms. The van der Waals surface area contributed by atoms with E-state index in [2.05, 4.69) is 4.99 Å². The van der Waals surface area contributed by atoms with Crippen molar-refractivity contribution in [2.24, 2.45) is 4.99 Å². The maximum atomic E-state index is 9.89. The molecule has 1 atom stereocenters. The number of hydrogen-bond donors (Lipinski definition) is 2. The van der Waals surface area contributed by atoms with Gasteiger partial charge in [-0.1, -0.05) is 42.5 Å². The molecular weight excluding hydrogens is 226 g/mol. The standard InChI is InChI=1S/C15H15NO2/c17-14-9-5-4-8-13(14)10-16-11-15(18)12-6-2-1-3-7-12/h1-10,15,17-18H,11H2/t15-/m1/s1. The van der Waals surface area contributed by atoms with Gasteiger partial charge < -0.3 is 10.2 Å². The molecule has 2 rings (SSSR count). The van der Waals surface area contributed by atoms with E-state index in [1.54, 1.807) is 24.4 Å². The zero-order chi connectivity index (χ0) is 12.8. The zero-order valence-corrected chi connectivity index (χ0v) is 9.90. The SMILES string of the molecule is Oc1ccccc1C=NC[C@@H](O)c1ccccc1. The summed E-state index contributed by atoms with van der Waals surface area (Å²) < 4.78 is 0. The van der Waals surface area contributed by atoms with Crippen LogP contribution in [0.1, 0.15) is 17.2 Å². The first kappa shape index (κ1) is 12.3. The zero-order valence-electron chi connectivity index (χ0n) is 9.90. The summed E-state index contributed by atoms with van der Waals surface area (Å²) in [5, 5.41) is 19.4. The van der Waals surface area contributed by atoms with Crippen LogP contribution in [0.25, 0.3) is 0 Å². The highest BCUT2D eigenvalue weighted by atomic mass is 16.3. The Morgan fingerprint density at radius 2 is 1.67 bits per heavy atom. The highest BCUT2D eigenvalue weighted by Gasteiger charge is 2.04. The average molecular weight is 241 g/mol. The molecule has 0 amide bonds. The van der Waals surface area contributed by atoms with E-state index in [0.717, 1.165) is 5.56 Å². The van der Waals surface area contributed by atoms with Gasteiger partial charge >= 0.3 is 0 Å². The number of benzene rings is 2. The van der Waals surface area contributed by atoms with Gasteiger partial charge in [-0.15, -0.1) is 0 Å². The van der Waals surface area contributed by atoms with Gasteiger partial charge in [0.25, 0.3) is 0 Å². The van der Waals surface area contributed by atoms with Crippen LogP contribution in [0.2, 0.25) is 0 Å². The van der Waals surface area contributed by atoms with Crippen molar-refractivity contribution < 1.29 is 10.2 Å². The molecule has 3 nitrogen and oxygen atoms in total. The fourth-order valence-electron chi connectivity index (χ4n) is 1.63. The van der Waals surface area contributed by atoms with Crippen LogP contribution >= 0.6 is 0 Å². The molecule has 0 aliphatic heterocycles. The van der Waals surface area contributed by atoms with Crippen molar-refractivity contribution in [1.82, 2.24) is 0 Å². The second kappa shape index (κ2) is 5.98. The van der Waals surface area contributed by atoms with Gasteiger partial charge in [0.15, 0.2) is 0 Å². The fraction of sp³-hybridized carbons (Fsp3) is 0.133. The highest BCUT2D eigenvalue weighted by molar-refractivity contribution is 5.83. The molecule has 0 saturated carbocycles. The van der Waals surface area contributed by atoms with Gasteiger partial charge in [0.05, 0.1) is 12.6 Å². The van der Waals surface area contributed by atoms with Crippen molar-refractivity contribution in [3.63, 3.8) is 0 Å². The van der Waals surface area contributed by atoms with Gasteiger partial charge in [-0.05, 0) is 17.7 Å². The van der Waals surface area contributed by atoms with E-state index in [1.807, 2.05) is 36.4 Å². The van der Waals surface area contributed by atoms with Crippen molar-refractivity contribution in [2.45, 2.75) is 6.10 Å². The molecular formula is C15H15NO2. The Hall–Kier alpha value is -2.13. The van der Waals surface area contributed by atoms with Gasteiger partial charge in [-0.2, -0.15) is 0 Å². The number of hydrogen-bond acceptors (Lipinski definition) is 3. The number of nitrogens with zero attached hydrogens (tertiary/aromatic N) is 1. The summed E-state index contributed by atoms with van der Waals surface area (Å²) in [5.74, 6) is 0.190. The van der Waals surface area contributed by atoms with Crippen LogP contribution in [0.15, 0.2) is 59.6 Å². The molecule has 0 heterocycles. The minimum absolute atomic E-state index is 0.190. The Balaban J connectivity index is 1.98. The molecule has 0 radical (unpaired) electrons. The van der Waals surface area contributed by atoms with Crippen LogP contribution in [0, 0.1) is 0 Å². The molecule has 18 heavy (non-hydrogen) atoms. The maximum Gasteiger partial charge on any atom is 0.124 e. The van der Waals surface area contributed by atoms with E-state index in [9.17, 15) is 10.2 Å². The number of rotatable bonds is 4. The number of aliphatic hydroxyl groups excluding tert-OH is 1.